The second-order valence-electron chi connectivity index (χ2n) is 4.13. The molecule has 1 aliphatic heterocycles. The average Bonchev–Trinajstić information content (AvgIpc) is 3.01. The molecule has 5 nitrogen and oxygen atoms in total. The van der Waals surface area contributed by atoms with Gasteiger partial charge in [-0.25, -0.2) is 4.68 Å². The van der Waals surface area contributed by atoms with Crippen LogP contribution < -0.4 is 0 Å². The highest BCUT2D eigenvalue weighted by molar-refractivity contribution is 7.71. The Morgan fingerprint density at radius 3 is 3.00 bits per heavy atom. The minimum Gasteiger partial charge on any atom is -0.379 e. The fourth-order valence-corrected chi connectivity index (χ4v) is 2.78. The minimum absolute atomic E-state index is 0.602. The fraction of sp³-hybridized carbons (Fsp3) is 0.455. The average molecular weight is 282 g/mol. The highest BCUT2D eigenvalue weighted by Crippen LogP contribution is 2.20. The van der Waals surface area contributed by atoms with Crippen LogP contribution in [0.2, 0.25) is 0 Å². The SMILES string of the molecule is S=c1nc(-c2cccs2)[nH]n1CN1CCOCC1. The summed E-state index contributed by atoms with van der Waals surface area (Å²) in [5.41, 5.74) is 0. The topological polar surface area (TPSA) is 46.1 Å². The molecule has 0 spiro atoms. The van der Waals surface area contributed by atoms with Gasteiger partial charge >= 0.3 is 0 Å². The van der Waals surface area contributed by atoms with Crippen LogP contribution in [-0.2, 0) is 11.4 Å². The lowest BCUT2D eigenvalue weighted by Crippen LogP contribution is -2.37. The zero-order valence-corrected chi connectivity index (χ0v) is 11.5. The van der Waals surface area contributed by atoms with E-state index < -0.39 is 0 Å². The van der Waals surface area contributed by atoms with E-state index in [1.165, 1.54) is 0 Å². The number of hydrogen-bond acceptors (Lipinski definition) is 5. The van der Waals surface area contributed by atoms with Gasteiger partial charge < -0.3 is 4.74 Å². The molecule has 0 amide bonds. The van der Waals surface area contributed by atoms with E-state index in [1.807, 2.05) is 22.2 Å². The summed E-state index contributed by atoms with van der Waals surface area (Å²) in [6.45, 7) is 4.21. The largest absolute Gasteiger partial charge is 0.379 e. The Bertz CT molecular complexity index is 554. The molecule has 0 aliphatic carbocycles. The third-order valence-electron chi connectivity index (χ3n) is 2.88. The van der Waals surface area contributed by atoms with Crippen molar-refractivity contribution in [1.82, 2.24) is 19.7 Å². The second-order valence-corrected chi connectivity index (χ2v) is 5.44. The maximum atomic E-state index is 5.33. The van der Waals surface area contributed by atoms with E-state index in [2.05, 4.69) is 15.0 Å². The maximum absolute atomic E-state index is 5.33. The van der Waals surface area contributed by atoms with Crippen LogP contribution in [0, 0.1) is 4.77 Å². The lowest BCUT2D eigenvalue weighted by molar-refractivity contribution is 0.0210. The quantitative estimate of drug-likeness (QED) is 0.874. The standard InChI is InChI=1S/C11H14N4OS2/c17-11-12-10(9-2-1-7-18-9)13-15(11)8-14-3-5-16-6-4-14/h1-2,7H,3-6,8H2,(H,12,13,17). The van der Waals surface area contributed by atoms with E-state index in [-0.39, 0.29) is 0 Å². The number of H-pyrrole nitrogens is 1. The van der Waals surface area contributed by atoms with Crippen molar-refractivity contribution in [3.63, 3.8) is 0 Å². The minimum atomic E-state index is 0.602. The van der Waals surface area contributed by atoms with Crippen molar-refractivity contribution in [1.29, 1.82) is 0 Å². The number of aromatic nitrogens is 3. The van der Waals surface area contributed by atoms with E-state index in [1.54, 1.807) is 11.3 Å². The molecule has 0 unspecified atom stereocenters. The molecule has 1 saturated heterocycles. The van der Waals surface area contributed by atoms with Gasteiger partial charge in [-0.1, -0.05) is 6.07 Å². The van der Waals surface area contributed by atoms with Gasteiger partial charge in [0.15, 0.2) is 5.82 Å². The van der Waals surface area contributed by atoms with Gasteiger partial charge in [-0.15, -0.1) is 11.3 Å². The third kappa shape index (κ3) is 2.54. The van der Waals surface area contributed by atoms with Crippen molar-refractivity contribution in [2.45, 2.75) is 6.67 Å². The molecule has 96 valence electrons. The van der Waals surface area contributed by atoms with E-state index in [0.717, 1.165) is 43.7 Å². The van der Waals surface area contributed by atoms with Gasteiger partial charge in [-0.3, -0.25) is 10.00 Å². The fourth-order valence-electron chi connectivity index (χ4n) is 1.92. The molecule has 7 heteroatoms. The van der Waals surface area contributed by atoms with Gasteiger partial charge in [-0.05, 0) is 23.7 Å². The summed E-state index contributed by atoms with van der Waals surface area (Å²) in [5, 5.41) is 5.30. The predicted octanol–water partition coefficient (Wildman–Crippen LogP) is 1.96. The third-order valence-corrected chi connectivity index (χ3v) is 4.07. The van der Waals surface area contributed by atoms with Crippen LogP contribution in [-0.4, -0.2) is 46.0 Å². The van der Waals surface area contributed by atoms with Crippen LogP contribution in [0.4, 0.5) is 0 Å². The Labute approximate surface area is 114 Å². The van der Waals surface area contributed by atoms with Gasteiger partial charge in [0, 0.05) is 13.1 Å². The van der Waals surface area contributed by atoms with Crippen LogP contribution in [0.25, 0.3) is 10.7 Å². The molecule has 0 saturated carbocycles. The van der Waals surface area contributed by atoms with Crippen molar-refractivity contribution < 1.29 is 4.74 Å². The first kappa shape index (κ1) is 12.0. The molecule has 1 aliphatic rings. The first-order chi connectivity index (χ1) is 8.83. The summed E-state index contributed by atoms with van der Waals surface area (Å²) < 4.78 is 7.84. The predicted molar refractivity (Wildman–Crippen MR) is 73.1 cm³/mol. The van der Waals surface area contributed by atoms with Gasteiger partial charge in [0.05, 0.1) is 24.8 Å². The van der Waals surface area contributed by atoms with E-state index in [9.17, 15) is 0 Å². The van der Waals surface area contributed by atoms with E-state index in [0.29, 0.717) is 4.77 Å². The molecule has 3 rings (SSSR count). The van der Waals surface area contributed by atoms with Gasteiger partial charge in [-0.2, -0.15) is 4.98 Å². The summed E-state index contributed by atoms with van der Waals surface area (Å²) >= 11 is 6.94. The van der Waals surface area contributed by atoms with Crippen LogP contribution in [0.1, 0.15) is 0 Å². The number of aromatic amines is 1. The number of nitrogens with one attached hydrogen (secondary N) is 1. The highest BCUT2D eigenvalue weighted by atomic mass is 32.1. The molecule has 0 atom stereocenters. The molecule has 0 aromatic carbocycles. The molecule has 0 bridgehead atoms. The van der Waals surface area contributed by atoms with E-state index in [4.69, 9.17) is 17.0 Å². The monoisotopic (exact) mass is 282 g/mol. The van der Waals surface area contributed by atoms with Crippen LogP contribution in [0.3, 0.4) is 0 Å². The molecule has 3 heterocycles. The van der Waals surface area contributed by atoms with E-state index >= 15 is 0 Å². The van der Waals surface area contributed by atoms with Crippen molar-refractivity contribution in [3.05, 3.63) is 22.3 Å². The van der Waals surface area contributed by atoms with Crippen LogP contribution in [0.15, 0.2) is 17.5 Å². The molecule has 2 aromatic heterocycles. The van der Waals surface area contributed by atoms with Gasteiger partial charge in [0.2, 0.25) is 4.77 Å². The van der Waals surface area contributed by atoms with Crippen LogP contribution in [0.5, 0.6) is 0 Å². The molecule has 18 heavy (non-hydrogen) atoms. The number of nitrogens with zero attached hydrogens (tertiary/aromatic N) is 3. The number of hydrogen-bond donors (Lipinski definition) is 1. The summed E-state index contributed by atoms with van der Waals surface area (Å²) in [4.78, 5) is 7.81. The van der Waals surface area contributed by atoms with Gasteiger partial charge in [0.25, 0.3) is 0 Å². The summed E-state index contributed by atoms with van der Waals surface area (Å²) in [5.74, 6) is 0.850. The first-order valence-corrected chi connectivity index (χ1v) is 7.12. The van der Waals surface area contributed by atoms with Crippen molar-refractivity contribution in [3.8, 4) is 10.7 Å². The van der Waals surface area contributed by atoms with Crippen molar-refractivity contribution >= 4 is 23.6 Å². The van der Waals surface area contributed by atoms with Crippen molar-refractivity contribution in [2.24, 2.45) is 0 Å². The lowest BCUT2D eigenvalue weighted by atomic mass is 10.4. The normalized spacial score (nSPS) is 17.1. The number of morpholine rings is 1. The lowest BCUT2D eigenvalue weighted by Gasteiger charge is -2.26. The Balaban J connectivity index is 1.78. The Morgan fingerprint density at radius 1 is 1.44 bits per heavy atom. The zero-order valence-electron chi connectivity index (χ0n) is 9.83. The zero-order chi connectivity index (χ0) is 12.4. The number of ether oxygens (including phenoxy) is 1. The first-order valence-electron chi connectivity index (χ1n) is 5.84. The molecule has 2 aromatic rings. The Kier molecular flexibility index (Phi) is 3.55. The summed E-state index contributed by atoms with van der Waals surface area (Å²) in [7, 11) is 0. The molecule has 1 fully saturated rings. The molecule has 0 radical (unpaired) electrons. The van der Waals surface area contributed by atoms with Gasteiger partial charge in [0.1, 0.15) is 0 Å². The summed E-state index contributed by atoms with van der Waals surface area (Å²) in [6, 6.07) is 4.05. The van der Waals surface area contributed by atoms with Crippen molar-refractivity contribution in [2.75, 3.05) is 26.3 Å². The highest BCUT2D eigenvalue weighted by Gasteiger charge is 2.12. The Hall–Kier alpha value is -1.02. The van der Waals surface area contributed by atoms with Crippen LogP contribution >= 0.6 is 23.6 Å². The summed E-state index contributed by atoms with van der Waals surface area (Å²) in [6.07, 6.45) is 0. The number of thiophene rings is 1. The molecular weight excluding hydrogens is 268 g/mol. The number of rotatable bonds is 3. The smallest absolute Gasteiger partial charge is 0.217 e. The maximum Gasteiger partial charge on any atom is 0.217 e. The molecule has 1 N–H and O–H groups in total. The molecular formula is C11H14N4OS2. The second kappa shape index (κ2) is 5.31. The Morgan fingerprint density at radius 2 is 2.28 bits per heavy atom.